The van der Waals surface area contributed by atoms with E-state index in [1.54, 1.807) is 6.92 Å². The van der Waals surface area contributed by atoms with Gasteiger partial charge in [-0.1, -0.05) is 6.42 Å². The third kappa shape index (κ3) is 3.81. The summed E-state index contributed by atoms with van der Waals surface area (Å²) in [5, 5.41) is 5.32. The first-order valence-corrected chi connectivity index (χ1v) is 11.7. The van der Waals surface area contributed by atoms with Crippen LogP contribution >= 0.6 is 0 Å². The maximum absolute atomic E-state index is 12.7. The lowest BCUT2D eigenvalue weighted by Gasteiger charge is -2.25. The third-order valence-corrected chi connectivity index (χ3v) is 8.00. The smallest absolute Gasteiger partial charge is 0.325 e. The van der Waals surface area contributed by atoms with Gasteiger partial charge in [-0.25, -0.2) is 13.2 Å². The lowest BCUT2D eigenvalue weighted by atomic mass is 9.96. The molecule has 1 saturated carbocycles. The van der Waals surface area contributed by atoms with Crippen molar-refractivity contribution in [3.8, 4) is 0 Å². The zero-order chi connectivity index (χ0) is 21.5. The number of hydrogen-bond acceptors (Lipinski definition) is 5. The summed E-state index contributed by atoms with van der Waals surface area (Å²) >= 11 is 0. The second-order valence-electron chi connectivity index (χ2n) is 8.34. The topological polar surface area (TPSA) is 116 Å². The highest BCUT2D eigenvalue weighted by Gasteiger charge is 2.56. The highest BCUT2D eigenvalue weighted by atomic mass is 32.2. The molecule has 9 nitrogen and oxygen atoms in total. The molecule has 0 radical (unpaired) electrons. The Morgan fingerprint density at radius 1 is 1.13 bits per heavy atom. The van der Waals surface area contributed by atoms with Gasteiger partial charge in [-0.2, -0.15) is 4.31 Å². The quantitative estimate of drug-likeness (QED) is 0.659. The Hall–Kier alpha value is -2.46. The van der Waals surface area contributed by atoms with Crippen molar-refractivity contribution >= 4 is 33.6 Å². The number of carbonyl (C=O) groups excluding carboxylic acids is 3. The SMILES string of the molecule is CC1(C2CC2)NC(=O)N(CC(=O)Nc2ccc(S(=O)(=O)N3CCCCC3)cc2)C1=O. The lowest BCUT2D eigenvalue weighted by molar-refractivity contribution is -0.134. The van der Waals surface area contributed by atoms with Gasteiger partial charge < -0.3 is 10.6 Å². The van der Waals surface area contributed by atoms with Gasteiger partial charge in [-0.3, -0.25) is 14.5 Å². The Kier molecular flexibility index (Phi) is 5.31. The van der Waals surface area contributed by atoms with Gasteiger partial charge in [-0.05, 0) is 62.8 Å². The standard InChI is InChI=1S/C20H26N4O5S/c1-20(14-5-6-14)18(26)24(19(27)22-20)13-17(25)21-15-7-9-16(10-8-15)30(28,29)23-11-3-2-4-12-23/h7-10,14H,2-6,11-13H2,1H3,(H,21,25)(H,22,27). The zero-order valence-electron chi connectivity index (χ0n) is 16.9. The summed E-state index contributed by atoms with van der Waals surface area (Å²) < 4.78 is 26.9. The number of anilines is 1. The van der Waals surface area contributed by atoms with Crippen molar-refractivity contribution < 1.29 is 22.8 Å². The molecule has 1 aromatic rings. The minimum absolute atomic E-state index is 0.122. The highest BCUT2D eigenvalue weighted by molar-refractivity contribution is 7.89. The molecule has 3 aliphatic rings. The number of hydrogen-bond donors (Lipinski definition) is 2. The van der Waals surface area contributed by atoms with Crippen LogP contribution in [-0.2, 0) is 19.6 Å². The van der Waals surface area contributed by atoms with Gasteiger partial charge in [0.1, 0.15) is 12.1 Å². The van der Waals surface area contributed by atoms with E-state index >= 15 is 0 Å². The Balaban J connectivity index is 1.38. The highest BCUT2D eigenvalue weighted by Crippen LogP contribution is 2.42. The fourth-order valence-corrected chi connectivity index (χ4v) is 5.62. The summed E-state index contributed by atoms with van der Waals surface area (Å²) in [6.45, 7) is 2.35. The molecule has 2 heterocycles. The monoisotopic (exact) mass is 434 g/mol. The molecule has 4 amide bonds. The molecular formula is C20H26N4O5S. The molecule has 2 N–H and O–H groups in total. The van der Waals surface area contributed by atoms with Crippen molar-refractivity contribution in [2.75, 3.05) is 25.0 Å². The van der Waals surface area contributed by atoms with Gasteiger partial charge in [0.15, 0.2) is 0 Å². The molecule has 1 atom stereocenters. The van der Waals surface area contributed by atoms with Crippen molar-refractivity contribution in [2.45, 2.75) is 49.5 Å². The Labute approximate surface area is 175 Å². The fourth-order valence-electron chi connectivity index (χ4n) is 4.11. The molecule has 10 heteroatoms. The molecule has 2 saturated heterocycles. The van der Waals surface area contributed by atoms with Gasteiger partial charge in [0, 0.05) is 18.8 Å². The van der Waals surface area contributed by atoms with Crippen LogP contribution in [0.3, 0.4) is 0 Å². The van der Waals surface area contributed by atoms with Crippen LogP contribution in [-0.4, -0.2) is 60.6 Å². The van der Waals surface area contributed by atoms with Crippen LogP contribution in [0.25, 0.3) is 0 Å². The number of nitrogens with zero attached hydrogens (tertiary/aromatic N) is 2. The van der Waals surface area contributed by atoms with E-state index in [4.69, 9.17) is 0 Å². The molecular weight excluding hydrogens is 408 g/mol. The molecule has 4 rings (SSSR count). The predicted octanol–water partition coefficient (Wildman–Crippen LogP) is 1.52. The van der Waals surface area contributed by atoms with Gasteiger partial charge in [0.05, 0.1) is 4.90 Å². The van der Waals surface area contributed by atoms with E-state index in [1.807, 2.05) is 0 Å². The van der Waals surface area contributed by atoms with Crippen LogP contribution in [0, 0.1) is 5.92 Å². The predicted molar refractivity (Wildman–Crippen MR) is 109 cm³/mol. The molecule has 162 valence electrons. The van der Waals surface area contributed by atoms with Crippen molar-refractivity contribution in [3.63, 3.8) is 0 Å². The number of rotatable bonds is 6. The Morgan fingerprint density at radius 3 is 2.37 bits per heavy atom. The Morgan fingerprint density at radius 2 is 1.77 bits per heavy atom. The summed E-state index contributed by atoms with van der Waals surface area (Å²) in [6.07, 6.45) is 4.52. The molecule has 1 unspecified atom stereocenters. The zero-order valence-corrected chi connectivity index (χ0v) is 17.7. The maximum atomic E-state index is 12.7. The van der Waals surface area contributed by atoms with Crippen LogP contribution < -0.4 is 10.6 Å². The van der Waals surface area contributed by atoms with Gasteiger partial charge in [0.25, 0.3) is 5.91 Å². The molecule has 0 bridgehead atoms. The van der Waals surface area contributed by atoms with E-state index < -0.39 is 27.5 Å². The number of urea groups is 1. The van der Waals surface area contributed by atoms with Crippen LogP contribution in [0.5, 0.6) is 0 Å². The lowest BCUT2D eigenvalue weighted by Crippen LogP contribution is -2.46. The van der Waals surface area contributed by atoms with E-state index in [9.17, 15) is 22.8 Å². The molecule has 0 aromatic heterocycles. The Bertz CT molecular complexity index is 967. The molecule has 30 heavy (non-hydrogen) atoms. The van der Waals surface area contributed by atoms with Gasteiger partial charge in [-0.15, -0.1) is 0 Å². The number of sulfonamides is 1. The second kappa shape index (κ2) is 7.66. The number of piperidine rings is 1. The van der Waals surface area contributed by atoms with Crippen molar-refractivity contribution in [1.29, 1.82) is 0 Å². The maximum Gasteiger partial charge on any atom is 0.325 e. The van der Waals surface area contributed by atoms with Crippen LogP contribution in [0.4, 0.5) is 10.5 Å². The molecule has 2 aliphatic heterocycles. The van der Waals surface area contributed by atoms with Gasteiger partial charge in [0.2, 0.25) is 15.9 Å². The first kappa shape index (κ1) is 20.8. The average Bonchev–Trinajstić information content (AvgIpc) is 3.55. The van der Waals surface area contributed by atoms with Crippen LogP contribution in [0.1, 0.15) is 39.0 Å². The minimum atomic E-state index is -3.54. The van der Waals surface area contributed by atoms with E-state index in [0.29, 0.717) is 18.8 Å². The van der Waals surface area contributed by atoms with E-state index in [1.165, 1.54) is 28.6 Å². The van der Waals surface area contributed by atoms with Crippen molar-refractivity contribution in [1.82, 2.24) is 14.5 Å². The number of imide groups is 1. The third-order valence-electron chi connectivity index (χ3n) is 6.09. The van der Waals surface area contributed by atoms with Crippen LogP contribution in [0.2, 0.25) is 0 Å². The largest absolute Gasteiger partial charge is 0.325 e. The molecule has 3 fully saturated rings. The van der Waals surface area contributed by atoms with E-state index in [2.05, 4.69) is 10.6 Å². The van der Waals surface area contributed by atoms with Crippen molar-refractivity contribution in [2.24, 2.45) is 5.92 Å². The number of amides is 4. The summed E-state index contributed by atoms with van der Waals surface area (Å²) in [5.41, 5.74) is -0.531. The summed E-state index contributed by atoms with van der Waals surface area (Å²) in [6, 6.07) is 5.37. The molecule has 1 aromatic carbocycles. The fraction of sp³-hybridized carbons (Fsp3) is 0.550. The van der Waals surface area contributed by atoms with Crippen LogP contribution in [0.15, 0.2) is 29.2 Å². The van der Waals surface area contributed by atoms with Gasteiger partial charge >= 0.3 is 6.03 Å². The first-order valence-electron chi connectivity index (χ1n) is 10.3. The molecule has 0 spiro atoms. The number of nitrogens with one attached hydrogen (secondary N) is 2. The first-order chi connectivity index (χ1) is 14.2. The summed E-state index contributed by atoms with van der Waals surface area (Å²) in [5.74, 6) is -0.783. The van der Waals surface area contributed by atoms with Crippen molar-refractivity contribution in [3.05, 3.63) is 24.3 Å². The van der Waals surface area contributed by atoms with E-state index in [-0.39, 0.29) is 23.3 Å². The summed E-state index contributed by atoms with van der Waals surface area (Å²) in [4.78, 5) is 38.3. The van der Waals surface area contributed by atoms with E-state index in [0.717, 1.165) is 37.0 Å². The second-order valence-corrected chi connectivity index (χ2v) is 10.3. The minimum Gasteiger partial charge on any atom is -0.325 e. The normalized spacial score (nSPS) is 25.3. The summed E-state index contributed by atoms with van der Waals surface area (Å²) in [7, 11) is -3.54. The molecule has 1 aliphatic carbocycles. The number of benzene rings is 1. The average molecular weight is 435 g/mol. The number of carbonyl (C=O) groups is 3.